The minimum absolute atomic E-state index is 0.170. The Labute approximate surface area is 129 Å². The third-order valence-corrected chi connectivity index (χ3v) is 5.90. The van der Waals surface area contributed by atoms with E-state index in [1.54, 1.807) is 18.2 Å². The second-order valence-electron chi connectivity index (χ2n) is 5.70. The summed E-state index contributed by atoms with van der Waals surface area (Å²) in [6.45, 7) is 8.01. The Balaban J connectivity index is 3.12. The molecule has 5 heteroatoms. The lowest BCUT2D eigenvalue weighted by molar-refractivity contribution is 0.388. The van der Waals surface area contributed by atoms with Gasteiger partial charge in [-0.2, -0.15) is 0 Å². The topological polar surface area (TPSA) is 58.2 Å². The quantitative estimate of drug-likeness (QED) is 0.775. The van der Waals surface area contributed by atoms with Gasteiger partial charge in [0.1, 0.15) is 0 Å². The number of rotatable bonds is 8. The summed E-state index contributed by atoms with van der Waals surface area (Å²) in [5, 5.41) is 3.20. The maximum atomic E-state index is 12.6. The SMILES string of the molecule is CCC(NC)c1cccc(S(=O)(=O)NC(C)(CC)CC)c1. The van der Waals surface area contributed by atoms with Crippen molar-refractivity contribution in [3.63, 3.8) is 0 Å². The van der Waals surface area contributed by atoms with Crippen molar-refractivity contribution in [2.75, 3.05) is 7.05 Å². The molecule has 0 aliphatic heterocycles. The number of sulfonamides is 1. The van der Waals surface area contributed by atoms with Gasteiger partial charge in [0, 0.05) is 11.6 Å². The number of hydrogen-bond acceptors (Lipinski definition) is 3. The van der Waals surface area contributed by atoms with E-state index < -0.39 is 15.6 Å². The molecule has 0 fully saturated rings. The normalized spacial score (nSPS) is 14.1. The smallest absolute Gasteiger partial charge is 0.241 e. The lowest BCUT2D eigenvalue weighted by atomic mass is 9.98. The van der Waals surface area contributed by atoms with Crippen molar-refractivity contribution < 1.29 is 8.42 Å². The molecule has 0 amide bonds. The van der Waals surface area contributed by atoms with E-state index in [1.807, 2.05) is 33.9 Å². The van der Waals surface area contributed by atoms with Crippen LogP contribution in [0.15, 0.2) is 29.2 Å². The summed E-state index contributed by atoms with van der Waals surface area (Å²) in [6, 6.07) is 7.35. The second kappa shape index (κ2) is 7.38. The van der Waals surface area contributed by atoms with E-state index >= 15 is 0 Å². The molecule has 1 rings (SSSR count). The van der Waals surface area contributed by atoms with E-state index in [0.717, 1.165) is 24.8 Å². The zero-order valence-corrected chi connectivity index (χ0v) is 14.5. The van der Waals surface area contributed by atoms with Gasteiger partial charge in [0.2, 0.25) is 10.0 Å². The van der Waals surface area contributed by atoms with Crippen LogP contribution < -0.4 is 10.0 Å². The molecule has 0 saturated heterocycles. The molecule has 0 aliphatic carbocycles. The van der Waals surface area contributed by atoms with Crippen molar-refractivity contribution in [3.05, 3.63) is 29.8 Å². The predicted molar refractivity (Wildman–Crippen MR) is 87.8 cm³/mol. The standard InChI is InChI=1S/C16H28N2O2S/c1-6-15(17-5)13-10-9-11-14(12-13)21(19,20)18-16(4,7-2)8-3/h9-12,15,17-18H,6-8H2,1-5H3. The number of benzene rings is 1. The molecule has 2 N–H and O–H groups in total. The highest BCUT2D eigenvalue weighted by Gasteiger charge is 2.27. The fourth-order valence-corrected chi connectivity index (χ4v) is 3.89. The summed E-state index contributed by atoms with van der Waals surface area (Å²) >= 11 is 0. The monoisotopic (exact) mass is 312 g/mol. The van der Waals surface area contributed by atoms with Crippen LogP contribution in [-0.2, 0) is 10.0 Å². The molecule has 0 aromatic heterocycles. The molecule has 1 unspecified atom stereocenters. The molecule has 0 radical (unpaired) electrons. The lowest BCUT2D eigenvalue weighted by Crippen LogP contribution is -2.44. The molecule has 0 aliphatic rings. The van der Waals surface area contributed by atoms with E-state index in [0.29, 0.717) is 4.90 Å². The van der Waals surface area contributed by atoms with Crippen molar-refractivity contribution in [1.82, 2.24) is 10.0 Å². The Morgan fingerprint density at radius 1 is 1.19 bits per heavy atom. The van der Waals surface area contributed by atoms with Crippen molar-refractivity contribution in [2.24, 2.45) is 0 Å². The molecule has 0 spiro atoms. The average molecular weight is 312 g/mol. The van der Waals surface area contributed by atoms with E-state index in [2.05, 4.69) is 17.0 Å². The first kappa shape index (κ1) is 18.1. The molecule has 0 heterocycles. The Bertz CT molecular complexity index is 547. The largest absolute Gasteiger partial charge is 0.313 e. The van der Waals surface area contributed by atoms with Crippen molar-refractivity contribution >= 4 is 10.0 Å². The maximum Gasteiger partial charge on any atom is 0.241 e. The third kappa shape index (κ3) is 4.53. The zero-order chi connectivity index (χ0) is 16.1. The van der Waals surface area contributed by atoms with E-state index in [4.69, 9.17) is 0 Å². The highest BCUT2D eigenvalue weighted by molar-refractivity contribution is 7.89. The van der Waals surface area contributed by atoms with Gasteiger partial charge >= 0.3 is 0 Å². The number of hydrogen-bond donors (Lipinski definition) is 2. The Hall–Kier alpha value is -0.910. The molecule has 0 saturated carbocycles. The first-order chi connectivity index (χ1) is 9.81. The summed E-state index contributed by atoms with van der Waals surface area (Å²) in [7, 11) is -1.60. The fraction of sp³-hybridized carbons (Fsp3) is 0.625. The molecule has 4 nitrogen and oxygen atoms in total. The van der Waals surface area contributed by atoms with Crippen LogP contribution in [0.25, 0.3) is 0 Å². The Morgan fingerprint density at radius 2 is 1.81 bits per heavy atom. The predicted octanol–water partition coefficient (Wildman–Crippen LogP) is 3.21. The van der Waals surface area contributed by atoms with E-state index in [1.165, 1.54) is 0 Å². The van der Waals surface area contributed by atoms with Crippen LogP contribution in [-0.4, -0.2) is 21.0 Å². The summed E-state index contributed by atoms with van der Waals surface area (Å²) in [4.78, 5) is 0.335. The summed E-state index contributed by atoms with van der Waals surface area (Å²) in [5.74, 6) is 0. The van der Waals surface area contributed by atoms with Gasteiger partial charge in [-0.25, -0.2) is 13.1 Å². The summed E-state index contributed by atoms with van der Waals surface area (Å²) in [6.07, 6.45) is 2.43. The maximum absolute atomic E-state index is 12.6. The van der Waals surface area contributed by atoms with Gasteiger partial charge in [-0.1, -0.05) is 32.9 Å². The van der Waals surface area contributed by atoms with Gasteiger partial charge in [-0.15, -0.1) is 0 Å². The molecule has 1 aromatic carbocycles. The van der Waals surface area contributed by atoms with Crippen LogP contribution in [0.5, 0.6) is 0 Å². The lowest BCUT2D eigenvalue weighted by Gasteiger charge is -2.28. The highest BCUT2D eigenvalue weighted by atomic mass is 32.2. The van der Waals surface area contributed by atoms with Crippen LogP contribution in [0.3, 0.4) is 0 Å². The summed E-state index contributed by atoms with van der Waals surface area (Å²) < 4.78 is 28.0. The average Bonchev–Trinajstić information content (AvgIpc) is 2.48. The van der Waals surface area contributed by atoms with E-state index in [-0.39, 0.29) is 6.04 Å². The molecule has 1 aromatic rings. The van der Waals surface area contributed by atoms with Crippen LogP contribution in [0, 0.1) is 0 Å². The van der Waals surface area contributed by atoms with Crippen molar-refractivity contribution in [2.45, 2.75) is 63.4 Å². The Kier molecular flexibility index (Phi) is 6.38. The first-order valence-corrected chi connectivity index (χ1v) is 9.11. The van der Waals surface area contributed by atoms with Crippen LogP contribution >= 0.6 is 0 Å². The van der Waals surface area contributed by atoms with Gasteiger partial charge < -0.3 is 5.32 Å². The molecular weight excluding hydrogens is 284 g/mol. The van der Waals surface area contributed by atoms with Gasteiger partial charge in [0.25, 0.3) is 0 Å². The van der Waals surface area contributed by atoms with Gasteiger partial charge in [0.15, 0.2) is 0 Å². The van der Waals surface area contributed by atoms with Crippen LogP contribution in [0.2, 0.25) is 0 Å². The number of nitrogens with one attached hydrogen (secondary N) is 2. The highest BCUT2D eigenvalue weighted by Crippen LogP contribution is 2.22. The van der Waals surface area contributed by atoms with E-state index in [9.17, 15) is 8.42 Å². The zero-order valence-electron chi connectivity index (χ0n) is 13.7. The third-order valence-electron chi connectivity index (χ3n) is 4.27. The molecule has 1 atom stereocenters. The first-order valence-electron chi connectivity index (χ1n) is 7.63. The van der Waals surface area contributed by atoms with Crippen LogP contribution in [0.4, 0.5) is 0 Å². The Morgan fingerprint density at radius 3 is 2.29 bits per heavy atom. The summed E-state index contributed by atoms with van der Waals surface area (Å²) in [5.41, 5.74) is 0.597. The fourth-order valence-electron chi connectivity index (χ4n) is 2.28. The van der Waals surface area contributed by atoms with Crippen molar-refractivity contribution in [1.29, 1.82) is 0 Å². The van der Waals surface area contributed by atoms with Crippen molar-refractivity contribution in [3.8, 4) is 0 Å². The van der Waals surface area contributed by atoms with Crippen LogP contribution in [0.1, 0.15) is 58.6 Å². The minimum atomic E-state index is -3.49. The molecule has 0 bridgehead atoms. The molecular formula is C16H28N2O2S. The molecule has 21 heavy (non-hydrogen) atoms. The second-order valence-corrected chi connectivity index (χ2v) is 7.38. The van der Waals surface area contributed by atoms with Gasteiger partial charge in [-0.3, -0.25) is 0 Å². The van der Waals surface area contributed by atoms with Gasteiger partial charge in [0.05, 0.1) is 4.90 Å². The molecule has 120 valence electrons. The minimum Gasteiger partial charge on any atom is -0.313 e. The van der Waals surface area contributed by atoms with Gasteiger partial charge in [-0.05, 0) is 50.9 Å².